The number of rotatable bonds is 6. The number of aromatic carboxylic acids is 1. The first kappa shape index (κ1) is 16.0. The van der Waals surface area contributed by atoms with Gasteiger partial charge < -0.3 is 15.2 Å². The van der Waals surface area contributed by atoms with E-state index in [1.165, 1.54) is 0 Å². The van der Waals surface area contributed by atoms with Crippen molar-refractivity contribution in [1.29, 1.82) is 0 Å². The zero-order valence-electron chi connectivity index (χ0n) is 12.3. The number of carbonyl (C=O) groups excluding carboxylic acids is 1. The molecule has 2 N–H and O–H groups in total. The van der Waals surface area contributed by atoms with Crippen molar-refractivity contribution in [3.63, 3.8) is 0 Å². The van der Waals surface area contributed by atoms with Crippen LogP contribution in [0.25, 0.3) is 0 Å². The molecular formula is C16H17NO4S. The smallest absolute Gasteiger partial charge is 0.345 e. The van der Waals surface area contributed by atoms with E-state index in [2.05, 4.69) is 5.32 Å². The molecule has 0 aliphatic rings. The van der Waals surface area contributed by atoms with Gasteiger partial charge in [-0.1, -0.05) is 12.1 Å². The molecule has 5 nitrogen and oxygen atoms in total. The van der Waals surface area contributed by atoms with Crippen molar-refractivity contribution in [2.24, 2.45) is 0 Å². The summed E-state index contributed by atoms with van der Waals surface area (Å²) in [5, 5.41) is 11.7. The maximum absolute atomic E-state index is 12.2. The number of nitrogens with one attached hydrogen (secondary N) is 1. The Morgan fingerprint density at radius 1 is 1.32 bits per heavy atom. The third-order valence-electron chi connectivity index (χ3n) is 3.30. The van der Waals surface area contributed by atoms with Crippen LogP contribution in [0.4, 0.5) is 0 Å². The van der Waals surface area contributed by atoms with Crippen molar-refractivity contribution in [3.05, 3.63) is 51.7 Å². The number of benzene rings is 1. The second-order valence-corrected chi connectivity index (χ2v) is 5.96. The highest BCUT2D eigenvalue weighted by molar-refractivity contribution is 7.13. The van der Waals surface area contributed by atoms with Crippen LogP contribution in [0.1, 0.15) is 33.0 Å². The summed E-state index contributed by atoms with van der Waals surface area (Å²) in [4.78, 5) is 24.1. The summed E-state index contributed by atoms with van der Waals surface area (Å²) in [6, 6.07) is 10.6. The van der Waals surface area contributed by atoms with E-state index in [1.807, 2.05) is 31.2 Å². The second kappa shape index (κ2) is 7.09. The van der Waals surface area contributed by atoms with E-state index in [0.717, 1.165) is 21.8 Å². The van der Waals surface area contributed by atoms with E-state index in [0.29, 0.717) is 12.3 Å². The molecule has 2 rings (SSSR count). The number of hydrogen-bond acceptors (Lipinski definition) is 4. The van der Waals surface area contributed by atoms with Gasteiger partial charge in [-0.25, -0.2) is 4.79 Å². The second-order valence-electron chi connectivity index (χ2n) is 4.79. The predicted molar refractivity (Wildman–Crippen MR) is 84.5 cm³/mol. The monoisotopic (exact) mass is 319 g/mol. The Kier molecular flexibility index (Phi) is 5.16. The van der Waals surface area contributed by atoms with Crippen LogP contribution < -0.4 is 10.1 Å². The van der Waals surface area contributed by atoms with Crippen molar-refractivity contribution in [2.75, 3.05) is 7.11 Å². The SMILES string of the molecule is COc1cccc(C(C)C(=O)NCc2ccc(C(=O)O)s2)c1. The first-order valence-corrected chi connectivity index (χ1v) is 7.56. The molecule has 2 aromatic rings. The topological polar surface area (TPSA) is 75.6 Å². The van der Waals surface area contributed by atoms with E-state index in [1.54, 1.807) is 19.2 Å². The Morgan fingerprint density at radius 3 is 2.73 bits per heavy atom. The third-order valence-corrected chi connectivity index (χ3v) is 4.37. The lowest BCUT2D eigenvalue weighted by atomic mass is 10.00. The third kappa shape index (κ3) is 3.85. The molecule has 1 unspecified atom stereocenters. The molecule has 0 aliphatic heterocycles. The normalized spacial score (nSPS) is 11.7. The first-order valence-electron chi connectivity index (χ1n) is 6.75. The Balaban J connectivity index is 1.97. The molecule has 22 heavy (non-hydrogen) atoms. The molecule has 6 heteroatoms. The lowest BCUT2D eigenvalue weighted by molar-refractivity contribution is -0.122. The van der Waals surface area contributed by atoms with Gasteiger partial charge in [0.15, 0.2) is 0 Å². The molecule has 0 aliphatic carbocycles. The van der Waals surface area contributed by atoms with Crippen LogP contribution in [0.5, 0.6) is 5.75 Å². The van der Waals surface area contributed by atoms with E-state index in [-0.39, 0.29) is 16.7 Å². The fourth-order valence-electron chi connectivity index (χ4n) is 1.98. The molecule has 0 spiro atoms. The Labute approximate surface area is 132 Å². The number of amides is 1. The van der Waals surface area contributed by atoms with Crippen LogP contribution in [0.2, 0.25) is 0 Å². The molecule has 1 amide bonds. The minimum Gasteiger partial charge on any atom is -0.497 e. The van der Waals surface area contributed by atoms with Crippen LogP contribution >= 0.6 is 11.3 Å². The number of carboxylic acid groups (broad SMARTS) is 1. The highest BCUT2D eigenvalue weighted by Crippen LogP contribution is 2.21. The minimum absolute atomic E-state index is 0.112. The van der Waals surface area contributed by atoms with Crippen molar-refractivity contribution >= 4 is 23.2 Å². The summed E-state index contributed by atoms with van der Waals surface area (Å²) in [5.41, 5.74) is 0.870. The van der Waals surface area contributed by atoms with Gasteiger partial charge in [-0.05, 0) is 36.8 Å². The highest BCUT2D eigenvalue weighted by atomic mass is 32.1. The lowest BCUT2D eigenvalue weighted by Crippen LogP contribution is -2.27. The average Bonchev–Trinajstić information content (AvgIpc) is 3.01. The van der Waals surface area contributed by atoms with Gasteiger partial charge in [0.1, 0.15) is 10.6 Å². The molecule has 0 bridgehead atoms. The summed E-state index contributed by atoms with van der Waals surface area (Å²) in [7, 11) is 1.58. The zero-order valence-corrected chi connectivity index (χ0v) is 13.1. The van der Waals surface area contributed by atoms with Crippen LogP contribution in [-0.4, -0.2) is 24.1 Å². The van der Waals surface area contributed by atoms with Crippen LogP contribution in [-0.2, 0) is 11.3 Å². The molecule has 1 aromatic heterocycles. The molecule has 1 aromatic carbocycles. The Hall–Kier alpha value is -2.34. The summed E-state index contributed by atoms with van der Waals surface area (Å²) >= 11 is 1.16. The maximum Gasteiger partial charge on any atom is 0.345 e. The molecular weight excluding hydrogens is 302 g/mol. The van der Waals surface area contributed by atoms with Gasteiger partial charge in [-0.2, -0.15) is 0 Å². The lowest BCUT2D eigenvalue weighted by Gasteiger charge is -2.13. The quantitative estimate of drug-likeness (QED) is 0.858. The van der Waals surface area contributed by atoms with E-state index in [9.17, 15) is 9.59 Å². The Morgan fingerprint density at radius 2 is 2.09 bits per heavy atom. The van der Waals surface area contributed by atoms with Crippen LogP contribution in [0, 0.1) is 0 Å². The van der Waals surface area contributed by atoms with E-state index >= 15 is 0 Å². The fourth-order valence-corrected chi connectivity index (χ4v) is 2.76. The molecule has 0 saturated carbocycles. The molecule has 116 valence electrons. The standard InChI is InChI=1S/C16H17NO4S/c1-10(11-4-3-5-12(8-11)21-2)15(18)17-9-13-6-7-14(22-13)16(19)20/h3-8,10H,9H2,1-2H3,(H,17,18)(H,19,20). The van der Waals surface area contributed by atoms with Gasteiger partial charge in [-0.3, -0.25) is 4.79 Å². The van der Waals surface area contributed by atoms with Crippen LogP contribution in [0.15, 0.2) is 36.4 Å². The molecule has 1 atom stereocenters. The zero-order chi connectivity index (χ0) is 16.1. The summed E-state index contributed by atoms with van der Waals surface area (Å²) in [5.74, 6) is -0.665. The van der Waals surface area contributed by atoms with Crippen molar-refractivity contribution in [1.82, 2.24) is 5.32 Å². The summed E-state index contributed by atoms with van der Waals surface area (Å²) in [6.07, 6.45) is 0. The molecule has 0 radical (unpaired) electrons. The minimum atomic E-state index is -0.952. The van der Waals surface area contributed by atoms with Crippen LogP contribution in [0.3, 0.4) is 0 Å². The largest absolute Gasteiger partial charge is 0.497 e. The average molecular weight is 319 g/mol. The number of carboxylic acids is 1. The Bertz CT molecular complexity index is 680. The van der Waals surface area contributed by atoms with Crippen molar-refractivity contribution < 1.29 is 19.4 Å². The summed E-state index contributed by atoms with van der Waals surface area (Å²) in [6.45, 7) is 2.15. The van der Waals surface area contributed by atoms with Gasteiger partial charge >= 0.3 is 5.97 Å². The predicted octanol–water partition coefficient (Wildman–Crippen LogP) is 2.87. The first-order chi connectivity index (χ1) is 10.5. The van der Waals surface area contributed by atoms with E-state index in [4.69, 9.17) is 9.84 Å². The number of hydrogen-bond donors (Lipinski definition) is 2. The van der Waals surface area contributed by atoms with Crippen molar-refractivity contribution in [2.45, 2.75) is 19.4 Å². The van der Waals surface area contributed by atoms with Gasteiger partial charge in [-0.15, -0.1) is 11.3 Å². The number of ether oxygens (including phenoxy) is 1. The van der Waals surface area contributed by atoms with Gasteiger partial charge in [0.05, 0.1) is 19.6 Å². The maximum atomic E-state index is 12.2. The van der Waals surface area contributed by atoms with Gasteiger partial charge in [0.2, 0.25) is 5.91 Å². The molecule has 0 fully saturated rings. The number of thiophene rings is 1. The van der Waals surface area contributed by atoms with Gasteiger partial charge in [0.25, 0.3) is 0 Å². The number of methoxy groups -OCH3 is 1. The fraction of sp³-hybridized carbons (Fsp3) is 0.250. The summed E-state index contributed by atoms with van der Waals surface area (Å²) < 4.78 is 5.15. The molecule has 0 saturated heterocycles. The van der Waals surface area contributed by atoms with Crippen molar-refractivity contribution in [3.8, 4) is 5.75 Å². The van der Waals surface area contributed by atoms with E-state index < -0.39 is 5.97 Å². The highest BCUT2D eigenvalue weighted by Gasteiger charge is 2.16. The molecule has 1 heterocycles. The number of carbonyl (C=O) groups is 2. The van der Waals surface area contributed by atoms with Gasteiger partial charge in [0, 0.05) is 4.88 Å².